The lowest BCUT2D eigenvalue weighted by molar-refractivity contribution is 0.647. The predicted molar refractivity (Wildman–Crippen MR) is 54.9 cm³/mol. The number of fused-ring (bicyclic) bond motifs is 1. The molecule has 0 bridgehead atoms. The summed E-state index contributed by atoms with van der Waals surface area (Å²) < 4.78 is 1.92. The highest BCUT2D eigenvalue weighted by Crippen LogP contribution is 2.21. The van der Waals surface area contributed by atoms with Gasteiger partial charge in [0.15, 0.2) is 0 Å². The van der Waals surface area contributed by atoms with Gasteiger partial charge in [0.2, 0.25) is 0 Å². The number of hydrogen-bond acceptors (Lipinski definition) is 2. The molecule has 0 aliphatic rings. The zero-order chi connectivity index (χ0) is 10.1. The van der Waals surface area contributed by atoms with Crippen LogP contribution in [0.1, 0.15) is 18.2 Å². The van der Waals surface area contributed by atoms with Crippen LogP contribution in [0.25, 0.3) is 10.9 Å². The van der Waals surface area contributed by atoms with E-state index in [9.17, 15) is 0 Å². The Morgan fingerprint density at radius 1 is 1.50 bits per heavy atom. The third-order valence-electron chi connectivity index (χ3n) is 2.44. The average Bonchev–Trinajstić information content (AvgIpc) is 2.55. The van der Waals surface area contributed by atoms with E-state index in [2.05, 4.69) is 11.2 Å². The minimum Gasteiger partial charge on any atom is -0.269 e. The van der Waals surface area contributed by atoms with Crippen molar-refractivity contribution in [1.82, 2.24) is 9.78 Å². The molecule has 14 heavy (non-hydrogen) atoms. The molecule has 1 aromatic carbocycles. The zero-order valence-electron chi connectivity index (χ0n) is 8.28. The summed E-state index contributed by atoms with van der Waals surface area (Å²) in [6, 6.07) is 7.83. The summed E-state index contributed by atoms with van der Waals surface area (Å²) in [5.74, 6) is 0. The molecular weight excluding hydrogens is 174 g/mol. The van der Waals surface area contributed by atoms with E-state index in [4.69, 9.17) is 5.26 Å². The Labute approximate surface area is 82.6 Å². The Bertz CT molecular complexity index is 517. The van der Waals surface area contributed by atoms with Crippen molar-refractivity contribution < 1.29 is 0 Å². The largest absolute Gasteiger partial charge is 0.269 e. The maximum atomic E-state index is 8.95. The van der Waals surface area contributed by atoms with Crippen molar-refractivity contribution in [2.24, 2.45) is 0 Å². The van der Waals surface area contributed by atoms with Gasteiger partial charge in [0, 0.05) is 17.6 Å². The van der Waals surface area contributed by atoms with Gasteiger partial charge in [-0.15, -0.1) is 0 Å². The van der Waals surface area contributed by atoms with Crippen LogP contribution in [-0.4, -0.2) is 9.78 Å². The molecule has 3 heteroatoms. The number of hydrogen-bond donors (Lipinski definition) is 0. The minimum absolute atomic E-state index is 0.708. The molecule has 0 aliphatic heterocycles. The number of nitriles is 1. The first-order chi connectivity index (χ1) is 6.77. The summed E-state index contributed by atoms with van der Waals surface area (Å²) >= 11 is 0. The fraction of sp³-hybridized carbons (Fsp3) is 0.273. The van der Waals surface area contributed by atoms with Crippen molar-refractivity contribution >= 4 is 10.9 Å². The molecule has 0 saturated heterocycles. The predicted octanol–water partition coefficient (Wildman–Crippen LogP) is 2.24. The second-order valence-electron chi connectivity index (χ2n) is 3.21. The number of benzene rings is 1. The van der Waals surface area contributed by atoms with Crippen LogP contribution in [-0.2, 0) is 6.54 Å². The van der Waals surface area contributed by atoms with E-state index in [1.165, 1.54) is 0 Å². The molecule has 0 saturated carbocycles. The first-order valence-electron chi connectivity index (χ1n) is 4.64. The van der Waals surface area contributed by atoms with Crippen molar-refractivity contribution in [2.45, 2.75) is 20.4 Å². The van der Waals surface area contributed by atoms with Crippen LogP contribution < -0.4 is 0 Å². The highest BCUT2D eigenvalue weighted by Gasteiger charge is 2.09. The molecule has 2 aromatic rings. The fourth-order valence-electron chi connectivity index (χ4n) is 1.74. The lowest BCUT2D eigenvalue weighted by Gasteiger charge is -1.97. The van der Waals surface area contributed by atoms with E-state index in [0.717, 1.165) is 23.1 Å². The molecule has 0 atom stereocenters. The lowest BCUT2D eigenvalue weighted by atomic mass is 10.1. The molecule has 0 unspecified atom stereocenters. The summed E-state index contributed by atoms with van der Waals surface area (Å²) in [5, 5.41) is 14.3. The molecule has 0 N–H and O–H groups in total. The number of aromatic nitrogens is 2. The molecule has 1 heterocycles. The lowest BCUT2D eigenvalue weighted by Crippen LogP contribution is -1.97. The van der Waals surface area contributed by atoms with Crippen molar-refractivity contribution in [3.05, 3.63) is 29.5 Å². The molecular formula is C11H11N3. The molecule has 0 fully saturated rings. The molecule has 0 amide bonds. The first-order valence-corrected chi connectivity index (χ1v) is 4.64. The van der Waals surface area contributed by atoms with Crippen molar-refractivity contribution in [3.8, 4) is 6.07 Å². The molecule has 2 rings (SSSR count). The quantitative estimate of drug-likeness (QED) is 0.683. The molecule has 0 radical (unpaired) electrons. The van der Waals surface area contributed by atoms with Gasteiger partial charge in [-0.2, -0.15) is 10.4 Å². The van der Waals surface area contributed by atoms with Gasteiger partial charge in [-0.25, -0.2) is 0 Å². The van der Waals surface area contributed by atoms with E-state index < -0.39 is 0 Å². The summed E-state index contributed by atoms with van der Waals surface area (Å²) in [6.07, 6.45) is 0. The number of rotatable bonds is 1. The van der Waals surface area contributed by atoms with Gasteiger partial charge >= 0.3 is 0 Å². The number of nitrogens with zero attached hydrogens (tertiary/aromatic N) is 3. The zero-order valence-corrected chi connectivity index (χ0v) is 8.28. The van der Waals surface area contributed by atoms with Gasteiger partial charge in [-0.3, -0.25) is 4.68 Å². The van der Waals surface area contributed by atoms with Crippen LogP contribution in [0.15, 0.2) is 18.2 Å². The third-order valence-corrected chi connectivity index (χ3v) is 2.44. The summed E-state index contributed by atoms with van der Waals surface area (Å²) in [4.78, 5) is 0. The van der Waals surface area contributed by atoms with Crippen LogP contribution in [0.2, 0.25) is 0 Å². The Kier molecular flexibility index (Phi) is 1.97. The maximum Gasteiger partial charge on any atom is 0.0999 e. The Hall–Kier alpha value is -1.82. The highest BCUT2D eigenvalue weighted by atomic mass is 15.3. The van der Waals surface area contributed by atoms with Crippen LogP contribution >= 0.6 is 0 Å². The molecule has 1 aromatic heterocycles. The standard InChI is InChI=1S/C11H11N3/c1-3-14-8(2)11-9(7-12)5-4-6-10(11)13-14/h4-6H,3H2,1-2H3. The second kappa shape index (κ2) is 3.15. The first kappa shape index (κ1) is 8.76. The van der Waals surface area contributed by atoms with Gasteiger partial charge < -0.3 is 0 Å². The van der Waals surface area contributed by atoms with Gasteiger partial charge in [0.1, 0.15) is 0 Å². The van der Waals surface area contributed by atoms with Crippen LogP contribution in [0, 0.1) is 18.3 Å². The van der Waals surface area contributed by atoms with E-state index in [0.29, 0.717) is 5.56 Å². The van der Waals surface area contributed by atoms with Gasteiger partial charge in [0.05, 0.1) is 17.1 Å². The Morgan fingerprint density at radius 2 is 2.29 bits per heavy atom. The van der Waals surface area contributed by atoms with Crippen molar-refractivity contribution in [2.75, 3.05) is 0 Å². The Balaban J connectivity index is 2.87. The Morgan fingerprint density at radius 3 is 2.93 bits per heavy atom. The van der Waals surface area contributed by atoms with Crippen LogP contribution in [0.4, 0.5) is 0 Å². The minimum atomic E-state index is 0.708. The monoisotopic (exact) mass is 185 g/mol. The van der Waals surface area contributed by atoms with Crippen LogP contribution in [0.3, 0.4) is 0 Å². The summed E-state index contributed by atoms with van der Waals surface area (Å²) in [6.45, 7) is 4.88. The van der Waals surface area contributed by atoms with Crippen molar-refractivity contribution in [1.29, 1.82) is 5.26 Å². The third kappa shape index (κ3) is 1.08. The maximum absolute atomic E-state index is 8.95. The smallest absolute Gasteiger partial charge is 0.0999 e. The summed E-state index contributed by atoms with van der Waals surface area (Å²) in [5.41, 5.74) is 2.68. The van der Waals surface area contributed by atoms with E-state index in [1.54, 1.807) is 0 Å². The number of aryl methyl sites for hydroxylation is 2. The topological polar surface area (TPSA) is 41.6 Å². The van der Waals surface area contributed by atoms with Crippen LogP contribution in [0.5, 0.6) is 0 Å². The molecule has 0 aliphatic carbocycles. The fourth-order valence-corrected chi connectivity index (χ4v) is 1.74. The molecule has 0 spiro atoms. The SMILES string of the molecule is CCn1nc2cccc(C#N)c2c1C. The second-order valence-corrected chi connectivity index (χ2v) is 3.21. The van der Waals surface area contributed by atoms with E-state index in [1.807, 2.05) is 36.7 Å². The normalized spacial score (nSPS) is 10.4. The van der Waals surface area contributed by atoms with Gasteiger partial charge in [-0.05, 0) is 26.0 Å². The van der Waals surface area contributed by atoms with Gasteiger partial charge in [0.25, 0.3) is 0 Å². The van der Waals surface area contributed by atoms with Gasteiger partial charge in [-0.1, -0.05) is 6.07 Å². The van der Waals surface area contributed by atoms with E-state index >= 15 is 0 Å². The summed E-state index contributed by atoms with van der Waals surface area (Å²) in [7, 11) is 0. The highest BCUT2D eigenvalue weighted by molar-refractivity contribution is 5.87. The average molecular weight is 185 g/mol. The van der Waals surface area contributed by atoms with E-state index in [-0.39, 0.29) is 0 Å². The molecule has 70 valence electrons. The molecule has 3 nitrogen and oxygen atoms in total. The van der Waals surface area contributed by atoms with Crippen molar-refractivity contribution in [3.63, 3.8) is 0 Å².